The van der Waals surface area contributed by atoms with E-state index in [2.05, 4.69) is 14.7 Å². The van der Waals surface area contributed by atoms with Crippen LogP contribution >= 0.6 is 34.9 Å². The number of nitrogens with one attached hydrogen (secondary N) is 1. The van der Waals surface area contributed by atoms with E-state index >= 15 is 0 Å². The second-order valence-electron chi connectivity index (χ2n) is 3.73. The Morgan fingerprint density at radius 1 is 1.47 bits per heavy atom. The van der Waals surface area contributed by atoms with Gasteiger partial charge in [0.05, 0.1) is 6.61 Å². The molecule has 0 amide bonds. The highest BCUT2D eigenvalue weighted by atomic mass is 35.5. The third kappa shape index (κ3) is 4.74. The van der Waals surface area contributed by atoms with Gasteiger partial charge in [-0.1, -0.05) is 29.4 Å². The summed E-state index contributed by atoms with van der Waals surface area (Å²) < 4.78 is 9.93. The van der Waals surface area contributed by atoms with Crippen LogP contribution in [0.2, 0.25) is 5.02 Å². The summed E-state index contributed by atoms with van der Waals surface area (Å²) in [6, 6.07) is 5.89. The molecule has 0 aliphatic rings. The highest BCUT2D eigenvalue weighted by Crippen LogP contribution is 2.32. The molecule has 102 valence electrons. The van der Waals surface area contributed by atoms with Gasteiger partial charge in [-0.15, -0.1) is 0 Å². The van der Waals surface area contributed by atoms with Crippen molar-refractivity contribution in [2.75, 3.05) is 20.3 Å². The second kappa shape index (κ2) is 7.81. The lowest BCUT2D eigenvalue weighted by Gasteiger charge is -2.09. The number of aromatic nitrogens is 2. The Labute approximate surface area is 125 Å². The van der Waals surface area contributed by atoms with Gasteiger partial charge in [0, 0.05) is 30.1 Å². The topological polar surface area (TPSA) is 47.0 Å². The van der Waals surface area contributed by atoms with Gasteiger partial charge in [-0.05, 0) is 29.2 Å². The molecular weight excluding hydrogens is 302 g/mol. The molecule has 0 aliphatic carbocycles. The van der Waals surface area contributed by atoms with Gasteiger partial charge in [0.25, 0.3) is 0 Å². The first-order valence-electron chi connectivity index (χ1n) is 5.72. The summed E-state index contributed by atoms with van der Waals surface area (Å²) in [6.07, 6.45) is 1.56. The van der Waals surface area contributed by atoms with Crippen LogP contribution in [0.4, 0.5) is 0 Å². The number of benzene rings is 1. The summed E-state index contributed by atoms with van der Waals surface area (Å²) in [4.78, 5) is 5.28. The van der Waals surface area contributed by atoms with Gasteiger partial charge in [-0.25, -0.2) is 4.98 Å². The fourth-order valence-corrected chi connectivity index (χ4v) is 3.28. The van der Waals surface area contributed by atoms with Gasteiger partial charge in [-0.3, -0.25) is 0 Å². The average Bonchev–Trinajstić information content (AvgIpc) is 2.90. The molecule has 2 rings (SSSR count). The molecule has 7 heteroatoms. The Morgan fingerprint density at radius 2 is 2.37 bits per heavy atom. The average molecular weight is 316 g/mol. The van der Waals surface area contributed by atoms with E-state index in [1.54, 1.807) is 25.2 Å². The number of ether oxygens (including phenoxy) is 1. The van der Waals surface area contributed by atoms with Crippen molar-refractivity contribution in [2.24, 2.45) is 0 Å². The van der Waals surface area contributed by atoms with Crippen molar-refractivity contribution in [3.63, 3.8) is 0 Å². The molecule has 1 N–H and O–H groups in total. The van der Waals surface area contributed by atoms with Crippen LogP contribution in [0, 0.1) is 0 Å². The van der Waals surface area contributed by atoms with Crippen LogP contribution in [0.25, 0.3) is 0 Å². The van der Waals surface area contributed by atoms with Crippen molar-refractivity contribution >= 4 is 34.9 Å². The Bertz CT molecular complexity index is 508. The largest absolute Gasteiger partial charge is 0.383 e. The van der Waals surface area contributed by atoms with Crippen molar-refractivity contribution in [1.29, 1.82) is 0 Å². The summed E-state index contributed by atoms with van der Waals surface area (Å²) >= 11 is 9.03. The molecular formula is C12H14ClN3OS2. The Hall–Kier alpha value is -0.660. The number of nitrogens with zero attached hydrogens (tertiary/aromatic N) is 2. The highest BCUT2D eigenvalue weighted by molar-refractivity contribution is 8.01. The maximum absolute atomic E-state index is 6.05. The van der Waals surface area contributed by atoms with E-state index in [-0.39, 0.29) is 0 Å². The zero-order valence-corrected chi connectivity index (χ0v) is 12.8. The number of rotatable bonds is 7. The first kappa shape index (κ1) is 14.7. The molecule has 0 aliphatic heterocycles. The van der Waals surface area contributed by atoms with E-state index in [4.69, 9.17) is 16.3 Å². The van der Waals surface area contributed by atoms with Gasteiger partial charge in [0.1, 0.15) is 6.33 Å². The molecule has 1 heterocycles. The van der Waals surface area contributed by atoms with Crippen LogP contribution in [-0.2, 0) is 11.3 Å². The van der Waals surface area contributed by atoms with Crippen LogP contribution < -0.4 is 5.32 Å². The molecule has 0 spiro atoms. The maximum Gasteiger partial charge on any atom is 0.174 e. The molecule has 0 atom stereocenters. The van der Waals surface area contributed by atoms with E-state index in [0.29, 0.717) is 6.61 Å². The quantitative estimate of drug-likeness (QED) is 0.796. The number of hydrogen-bond acceptors (Lipinski definition) is 6. The Kier molecular flexibility index (Phi) is 6.06. The predicted octanol–water partition coefficient (Wildman–Crippen LogP) is 3.08. The molecule has 2 aromatic rings. The van der Waals surface area contributed by atoms with E-state index in [9.17, 15) is 0 Å². The summed E-state index contributed by atoms with van der Waals surface area (Å²) in [6.45, 7) is 2.30. The fraction of sp³-hybridized carbons (Fsp3) is 0.333. The monoisotopic (exact) mass is 315 g/mol. The normalized spacial score (nSPS) is 10.8. The van der Waals surface area contributed by atoms with Crippen molar-refractivity contribution in [2.45, 2.75) is 15.8 Å². The van der Waals surface area contributed by atoms with Crippen LogP contribution in [-0.4, -0.2) is 29.6 Å². The number of halogens is 1. The van der Waals surface area contributed by atoms with E-state index in [0.717, 1.165) is 27.3 Å². The molecule has 19 heavy (non-hydrogen) atoms. The van der Waals surface area contributed by atoms with Crippen molar-refractivity contribution in [3.8, 4) is 0 Å². The van der Waals surface area contributed by atoms with Gasteiger partial charge in [0.2, 0.25) is 0 Å². The van der Waals surface area contributed by atoms with E-state index < -0.39 is 0 Å². The lowest BCUT2D eigenvalue weighted by molar-refractivity contribution is 0.199. The molecule has 0 unspecified atom stereocenters. The van der Waals surface area contributed by atoms with E-state index in [1.165, 1.54) is 17.1 Å². The van der Waals surface area contributed by atoms with Crippen molar-refractivity contribution in [3.05, 3.63) is 35.1 Å². The van der Waals surface area contributed by atoms with Crippen molar-refractivity contribution in [1.82, 2.24) is 14.7 Å². The lowest BCUT2D eigenvalue weighted by atomic mass is 10.2. The van der Waals surface area contributed by atoms with Gasteiger partial charge >= 0.3 is 0 Å². The second-order valence-corrected chi connectivity index (χ2v) is 6.24. The van der Waals surface area contributed by atoms with Crippen molar-refractivity contribution < 1.29 is 4.74 Å². The number of methoxy groups -OCH3 is 1. The molecule has 0 fully saturated rings. The SMILES string of the molecule is COCCNCc1ccc(Cl)cc1Sc1ncns1. The van der Waals surface area contributed by atoms with Gasteiger partial charge in [-0.2, -0.15) is 4.37 Å². The molecule has 0 bridgehead atoms. The minimum atomic E-state index is 0.701. The molecule has 1 aromatic carbocycles. The number of hydrogen-bond donors (Lipinski definition) is 1. The maximum atomic E-state index is 6.05. The van der Waals surface area contributed by atoms with Crippen LogP contribution in [0.1, 0.15) is 5.56 Å². The van der Waals surface area contributed by atoms with Gasteiger partial charge in [0.15, 0.2) is 4.34 Å². The lowest BCUT2D eigenvalue weighted by Crippen LogP contribution is -2.18. The summed E-state index contributed by atoms with van der Waals surface area (Å²) in [7, 11) is 1.70. The highest BCUT2D eigenvalue weighted by Gasteiger charge is 2.07. The molecule has 0 radical (unpaired) electrons. The van der Waals surface area contributed by atoms with E-state index in [1.807, 2.05) is 18.2 Å². The standard InChI is InChI=1S/C12H14ClN3OS2/c1-17-5-4-14-7-9-2-3-10(13)6-11(9)18-12-15-8-16-19-12/h2-3,6,8,14H,4-5,7H2,1H3. The molecule has 0 saturated heterocycles. The first-order chi connectivity index (χ1) is 9.29. The third-order valence-electron chi connectivity index (χ3n) is 2.37. The van der Waals surface area contributed by atoms with Gasteiger partial charge < -0.3 is 10.1 Å². The molecule has 4 nitrogen and oxygen atoms in total. The third-order valence-corrected chi connectivity index (χ3v) is 4.42. The summed E-state index contributed by atoms with van der Waals surface area (Å²) in [5, 5.41) is 4.06. The fourth-order valence-electron chi connectivity index (χ4n) is 1.47. The smallest absolute Gasteiger partial charge is 0.174 e. The zero-order chi connectivity index (χ0) is 13.5. The molecule has 1 aromatic heterocycles. The van der Waals surface area contributed by atoms with Crippen LogP contribution in [0.15, 0.2) is 33.8 Å². The predicted molar refractivity (Wildman–Crippen MR) is 79.1 cm³/mol. The minimum Gasteiger partial charge on any atom is -0.383 e. The first-order valence-corrected chi connectivity index (χ1v) is 7.69. The molecule has 0 saturated carbocycles. The minimum absolute atomic E-state index is 0.701. The Balaban J connectivity index is 2.04. The van der Waals surface area contributed by atoms with Crippen LogP contribution in [0.3, 0.4) is 0 Å². The summed E-state index contributed by atoms with van der Waals surface area (Å²) in [5.74, 6) is 0. The summed E-state index contributed by atoms with van der Waals surface area (Å²) in [5.41, 5.74) is 1.20. The zero-order valence-electron chi connectivity index (χ0n) is 10.4. The Morgan fingerprint density at radius 3 is 3.11 bits per heavy atom. The van der Waals surface area contributed by atoms with Crippen LogP contribution in [0.5, 0.6) is 0 Å².